The molecular formula is C20H20N4O3S. The minimum absolute atomic E-state index is 0.119. The van der Waals surface area contributed by atoms with Crippen molar-refractivity contribution in [1.82, 2.24) is 14.8 Å². The molecule has 3 aromatic rings. The Balaban J connectivity index is 1.42. The van der Waals surface area contributed by atoms with Gasteiger partial charge < -0.3 is 19.4 Å². The number of amides is 1. The number of aromatic nitrogens is 3. The smallest absolute Gasteiger partial charge is 0.234 e. The van der Waals surface area contributed by atoms with Crippen molar-refractivity contribution in [3.8, 4) is 22.9 Å². The Bertz CT molecular complexity index is 1020. The molecule has 0 saturated carbocycles. The van der Waals surface area contributed by atoms with E-state index in [0.717, 1.165) is 23.1 Å². The number of fused-ring (bicyclic) bond motifs is 1. The van der Waals surface area contributed by atoms with E-state index in [1.54, 1.807) is 18.2 Å². The first-order valence-electron chi connectivity index (χ1n) is 8.96. The molecule has 0 radical (unpaired) electrons. The van der Waals surface area contributed by atoms with Gasteiger partial charge in [-0.1, -0.05) is 35.5 Å². The van der Waals surface area contributed by atoms with Crippen molar-refractivity contribution in [2.45, 2.75) is 25.5 Å². The highest BCUT2D eigenvalue weighted by Gasteiger charge is 2.16. The van der Waals surface area contributed by atoms with E-state index in [1.165, 1.54) is 17.3 Å². The van der Waals surface area contributed by atoms with Gasteiger partial charge in [0, 0.05) is 23.9 Å². The van der Waals surface area contributed by atoms with Crippen LogP contribution < -0.4 is 14.8 Å². The Morgan fingerprint density at radius 2 is 2.04 bits per heavy atom. The Hall–Kier alpha value is -3.00. The van der Waals surface area contributed by atoms with Crippen LogP contribution in [-0.4, -0.2) is 33.2 Å². The molecule has 8 heteroatoms. The highest BCUT2D eigenvalue weighted by Crippen LogP contribution is 2.34. The number of nitrogens with zero attached hydrogens (tertiary/aromatic N) is 3. The normalized spacial score (nSPS) is 12.2. The van der Waals surface area contributed by atoms with Crippen molar-refractivity contribution in [2.75, 3.05) is 17.9 Å². The monoisotopic (exact) mass is 396 g/mol. The largest absolute Gasteiger partial charge is 0.454 e. The maximum atomic E-state index is 12.3. The van der Waals surface area contributed by atoms with Gasteiger partial charge in [-0.05, 0) is 32.0 Å². The van der Waals surface area contributed by atoms with Crippen LogP contribution in [0, 0.1) is 6.92 Å². The molecule has 0 saturated heterocycles. The third-order valence-electron chi connectivity index (χ3n) is 4.30. The van der Waals surface area contributed by atoms with Crippen molar-refractivity contribution in [3.05, 3.63) is 48.0 Å². The molecule has 7 nitrogen and oxygen atoms in total. The lowest BCUT2D eigenvalue weighted by molar-refractivity contribution is -0.113. The molecule has 0 fully saturated rings. The summed E-state index contributed by atoms with van der Waals surface area (Å²) in [5.74, 6) is 2.25. The van der Waals surface area contributed by atoms with Gasteiger partial charge in [-0.15, -0.1) is 10.2 Å². The quantitative estimate of drug-likeness (QED) is 0.640. The van der Waals surface area contributed by atoms with E-state index >= 15 is 0 Å². The van der Waals surface area contributed by atoms with E-state index in [4.69, 9.17) is 9.47 Å². The topological polar surface area (TPSA) is 78.3 Å². The zero-order valence-corrected chi connectivity index (χ0v) is 16.5. The van der Waals surface area contributed by atoms with E-state index in [-0.39, 0.29) is 18.5 Å². The maximum Gasteiger partial charge on any atom is 0.234 e. The van der Waals surface area contributed by atoms with Crippen LogP contribution in [-0.2, 0) is 11.3 Å². The predicted molar refractivity (Wildman–Crippen MR) is 108 cm³/mol. The summed E-state index contributed by atoms with van der Waals surface area (Å²) in [5.41, 5.74) is 2.86. The van der Waals surface area contributed by atoms with Gasteiger partial charge in [-0.25, -0.2) is 0 Å². The second-order valence-electron chi connectivity index (χ2n) is 6.32. The number of benzene rings is 2. The molecule has 1 aromatic heterocycles. The van der Waals surface area contributed by atoms with E-state index in [9.17, 15) is 4.79 Å². The van der Waals surface area contributed by atoms with Crippen molar-refractivity contribution in [1.29, 1.82) is 0 Å². The van der Waals surface area contributed by atoms with E-state index in [1.807, 2.05) is 36.6 Å². The molecule has 0 atom stereocenters. The molecule has 0 aliphatic carbocycles. The molecule has 1 amide bonds. The number of nitrogens with one attached hydrogen (secondary N) is 1. The van der Waals surface area contributed by atoms with Crippen molar-refractivity contribution < 1.29 is 14.3 Å². The van der Waals surface area contributed by atoms with Gasteiger partial charge in [0.1, 0.15) is 0 Å². The molecule has 1 N–H and O–H groups in total. The highest BCUT2D eigenvalue weighted by molar-refractivity contribution is 7.99. The average molecular weight is 396 g/mol. The number of hydrogen-bond donors (Lipinski definition) is 1. The van der Waals surface area contributed by atoms with Crippen LogP contribution in [0.5, 0.6) is 11.5 Å². The summed E-state index contributed by atoms with van der Waals surface area (Å²) < 4.78 is 12.6. The molecule has 0 bridgehead atoms. The minimum atomic E-state index is -0.119. The molecule has 4 rings (SSSR count). The van der Waals surface area contributed by atoms with Crippen LogP contribution in [0.3, 0.4) is 0 Å². The summed E-state index contributed by atoms with van der Waals surface area (Å²) in [5, 5.41) is 12.2. The summed E-state index contributed by atoms with van der Waals surface area (Å²) in [4.78, 5) is 12.3. The molecule has 1 aliphatic rings. The van der Waals surface area contributed by atoms with Crippen LogP contribution in [0.15, 0.2) is 47.6 Å². The standard InChI is InChI=1S/C20H20N4O3S/c1-3-24-19(14-6-4-5-13(2)9-14)22-23-20(24)28-11-18(25)21-15-7-8-16-17(10-15)27-12-26-16/h4-10H,3,11-12H2,1-2H3,(H,21,25). The lowest BCUT2D eigenvalue weighted by Gasteiger charge is -2.08. The van der Waals surface area contributed by atoms with E-state index < -0.39 is 0 Å². The first kappa shape index (κ1) is 18.4. The molecule has 144 valence electrons. The summed E-state index contributed by atoms with van der Waals surface area (Å²) in [6.07, 6.45) is 0. The number of hydrogen-bond acceptors (Lipinski definition) is 6. The maximum absolute atomic E-state index is 12.3. The number of anilines is 1. The summed E-state index contributed by atoms with van der Waals surface area (Å²) in [6, 6.07) is 13.5. The van der Waals surface area contributed by atoms with Gasteiger partial charge >= 0.3 is 0 Å². The van der Waals surface area contributed by atoms with Crippen molar-refractivity contribution in [2.24, 2.45) is 0 Å². The second kappa shape index (κ2) is 7.93. The minimum Gasteiger partial charge on any atom is -0.454 e. The fourth-order valence-corrected chi connectivity index (χ4v) is 3.78. The lowest BCUT2D eigenvalue weighted by Crippen LogP contribution is -2.14. The summed E-state index contributed by atoms with van der Waals surface area (Å²) in [7, 11) is 0. The summed E-state index contributed by atoms with van der Waals surface area (Å²) >= 11 is 1.37. The second-order valence-corrected chi connectivity index (χ2v) is 7.27. The lowest BCUT2D eigenvalue weighted by atomic mass is 10.1. The van der Waals surface area contributed by atoms with Gasteiger partial charge in [0.2, 0.25) is 12.7 Å². The molecular weight excluding hydrogens is 376 g/mol. The van der Waals surface area contributed by atoms with E-state index in [2.05, 4.69) is 21.6 Å². The van der Waals surface area contributed by atoms with Gasteiger partial charge in [-0.2, -0.15) is 0 Å². The Morgan fingerprint density at radius 1 is 1.18 bits per heavy atom. The molecule has 28 heavy (non-hydrogen) atoms. The highest BCUT2D eigenvalue weighted by atomic mass is 32.2. The third-order valence-corrected chi connectivity index (χ3v) is 5.26. The molecule has 1 aliphatic heterocycles. The van der Waals surface area contributed by atoms with Gasteiger partial charge in [0.25, 0.3) is 0 Å². The zero-order chi connectivity index (χ0) is 19.5. The average Bonchev–Trinajstić information content (AvgIpc) is 3.32. The first-order chi connectivity index (χ1) is 13.6. The van der Waals surface area contributed by atoms with Crippen molar-refractivity contribution >= 4 is 23.4 Å². The number of carbonyl (C=O) groups excluding carboxylic acids is 1. The molecule has 2 heterocycles. The third kappa shape index (κ3) is 3.82. The number of aryl methyl sites for hydroxylation is 1. The molecule has 0 unspecified atom stereocenters. The van der Waals surface area contributed by atoms with Crippen LogP contribution in [0.25, 0.3) is 11.4 Å². The predicted octanol–water partition coefficient (Wildman–Crippen LogP) is 3.73. The van der Waals surface area contributed by atoms with Gasteiger partial charge in [0.05, 0.1) is 5.75 Å². The van der Waals surface area contributed by atoms with Crippen LogP contribution >= 0.6 is 11.8 Å². The van der Waals surface area contributed by atoms with E-state index in [0.29, 0.717) is 17.2 Å². The van der Waals surface area contributed by atoms with Crippen molar-refractivity contribution in [3.63, 3.8) is 0 Å². The Morgan fingerprint density at radius 3 is 2.86 bits per heavy atom. The van der Waals surface area contributed by atoms with Gasteiger partial charge in [-0.3, -0.25) is 4.79 Å². The number of ether oxygens (including phenoxy) is 2. The van der Waals surface area contributed by atoms with Crippen LogP contribution in [0.4, 0.5) is 5.69 Å². The number of carbonyl (C=O) groups is 1. The first-order valence-corrected chi connectivity index (χ1v) is 9.95. The number of rotatable bonds is 6. The Labute approximate surface area is 167 Å². The SMILES string of the molecule is CCn1c(SCC(=O)Nc2ccc3c(c2)OCO3)nnc1-c1cccc(C)c1. The van der Waals surface area contributed by atoms with Crippen LogP contribution in [0.2, 0.25) is 0 Å². The summed E-state index contributed by atoms with van der Waals surface area (Å²) in [6.45, 7) is 5.02. The Kier molecular flexibility index (Phi) is 5.21. The zero-order valence-electron chi connectivity index (χ0n) is 15.6. The van der Waals surface area contributed by atoms with Crippen LogP contribution in [0.1, 0.15) is 12.5 Å². The number of thioether (sulfide) groups is 1. The fraction of sp³-hybridized carbons (Fsp3) is 0.250. The van der Waals surface area contributed by atoms with Gasteiger partial charge in [0.15, 0.2) is 22.5 Å². The molecule has 0 spiro atoms. The molecule has 2 aromatic carbocycles. The fourth-order valence-electron chi connectivity index (χ4n) is 2.98.